The standard InChI is InChI=1S/C33H40O/c1-3-5-6-7-26-8-12-28(13-9-26)30-16-20-32(21-17-30)33-22-18-31(19-23-33)29-14-10-27(11-15-29)25-34-24-4-2/h5-6,10-11,14-23,26,28H,3-4,7-9,12-13,24-25H2,1-2H3. The molecule has 0 atom stereocenters. The zero-order chi connectivity index (χ0) is 23.6. The summed E-state index contributed by atoms with van der Waals surface area (Å²) >= 11 is 0. The number of hydrogen-bond donors (Lipinski definition) is 0. The fourth-order valence-corrected chi connectivity index (χ4v) is 5.12. The Bertz CT molecular complexity index is 1000. The Balaban J connectivity index is 1.33. The average molecular weight is 453 g/mol. The molecule has 0 saturated heterocycles. The molecule has 0 bridgehead atoms. The summed E-state index contributed by atoms with van der Waals surface area (Å²) in [6, 6.07) is 27.1. The summed E-state index contributed by atoms with van der Waals surface area (Å²) in [7, 11) is 0. The van der Waals surface area contributed by atoms with Crippen molar-refractivity contribution in [3.05, 3.63) is 96.1 Å². The lowest BCUT2D eigenvalue weighted by Crippen LogP contribution is -2.12. The minimum absolute atomic E-state index is 0.695. The van der Waals surface area contributed by atoms with E-state index in [1.807, 2.05) is 0 Å². The molecule has 1 heteroatoms. The second kappa shape index (κ2) is 12.7. The Morgan fingerprint density at radius 1 is 0.676 bits per heavy atom. The highest BCUT2D eigenvalue weighted by molar-refractivity contribution is 5.70. The molecule has 34 heavy (non-hydrogen) atoms. The maximum Gasteiger partial charge on any atom is 0.0716 e. The summed E-state index contributed by atoms with van der Waals surface area (Å²) in [6.45, 7) is 5.87. The lowest BCUT2D eigenvalue weighted by Gasteiger charge is -2.28. The van der Waals surface area contributed by atoms with Gasteiger partial charge in [0.25, 0.3) is 0 Å². The Labute approximate surface area is 206 Å². The van der Waals surface area contributed by atoms with Crippen LogP contribution in [-0.4, -0.2) is 6.61 Å². The number of ether oxygens (including phenoxy) is 1. The third-order valence-corrected chi connectivity index (χ3v) is 7.22. The van der Waals surface area contributed by atoms with Crippen LogP contribution in [0.1, 0.15) is 75.8 Å². The summed E-state index contributed by atoms with van der Waals surface area (Å²) in [6.07, 6.45) is 13.6. The van der Waals surface area contributed by atoms with Crippen molar-refractivity contribution in [2.75, 3.05) is 6.61 Å². The van der Waals surface area contributed by atoms with E-state index in [-0.39, 0.29) is 0 Å². The third-order valence-electron chi connectivity index (χ3n) is 7.22. The molecule has 1 aliphatic rings. The Kier molecular flexibility index (Phi) is 9.16. The molecule has 0 heterocycles. The van der Waals surface area contributed by atoms with Crippen molar-refractivity contribution in [2.45, 2.75) is 71.3 Å². The predicted molar refractivity (Wildman–Crippen MR) is 146 cm³/mol. The first-order valence-electron chi connectivity index (χ1n) is 13.3. The largest absolute Gasteiger partial charge is 0.377 e. The van der Waals surface area contributed by atoms with Gasteiger partial charge < -0.3 is 4.74 Å². The van der Waals surface area contributed by atoms with Gasteiger partial charge in [0, 0.05) is 6.61 Å². The van der Waals surface area contributed by atoms with Gasteiger partial charge in [-0.3, -0.25) is 0 Å². The second-order valence-corrected chi connectivity index (χ2v) is 9.78. The van der Waals surface area contributed by atoms with E-state index in [0.29, 0.717) is 6.61 Å². The molecule has 3 aromatic rings. The van der Waals surface area contributed by atoms with E-state index >= 15 is 0 Å². The van der Waals surface area contributed by atoms with Crippen molar-refractivity contribution in [2.24, 2.45) is 5.92 Å². The highest BCUT2D eigenvalue weighted by atomic mass is 16.5. The molecule has 1 nitrogen and oxygen atoms in total. The van der Waals surface area contributed by atoms with Gasteiger partial charge in [0.1, 0.15) is 0 Å². The van der Waals surface area contributed by atoms with Crippen molar-refractivity contribution in [3.8, 4) is 22.3 Å². The molecule has 0 amide bonds. The lowest BCUT2D eigenvalue weighted by atomic mass is 9.77. The van der Waals surface area contributed by atoms with Crippen molar-refractivity contribution >= 4 is 0 Å². The van der Waals surface area contributed by atoms with Crippen LogP contribution in [0.5, 0.6) is 0 Å². The number of benzene rings is 3. The zero-order valence-corrected chi connectivity index (χ0v) is 21.0. The van der Waals surface area contributed by atoms with Gasteiger partial charge in [-0.1, -0.05) is 98.8 Å². The molecule has 0 aromatic heterocycles. The van der Waals surface area contributed by atoms with E-state index < -0.39 is 0 Å². The molecule has 0 unspecified atom stereocenters. The first-order valence-corrected chi connectivity index (χ1v) is 13.3. The summed E-state index contributed by atoms with van der Waals surface area (Å²) in [5, 5.41) is 0. The SMILES string of the molecule is CCC=CCC1CCC(c2ccc(-c3ccc(-c4ccc(COCCC)cc4)cc3)cc2)CC1. The molecule has 0 aliphatic heterocycles. The molecular weight excluding hydrogens is 412 g/mol. The molecule has 1 saturated carbocycles. The maximum absolute atomic E-state index is 5.65. The molecule has 178 valence electrons. The fraction of sp³-hybridized carbons (Fsp3) is 0.394. The molecular formula is C33H40O. The van der Waals surface area contributed by atoms with Crippen LogP contribution >= 0.6 is 0 Å². The summed E-state index contributed by atoms with van der Waals surface area (Å²) in [4.78, 5) is 0. The number of rotatable bonds is 10. The third kappa shape index (κ3) is 6.70. The fourth-order valence-electron chi connectivity index (χ4n) is 5.12. The van der Waals surface area contributed by atoms with Crippen molar-refractivity contribution < 1.29 is 4.74 Å². The van der Waals surface area contributed by atoms with Gasteiger partial charge >= 0.3 is 0 Å². The van der Waals surface area contributed by atoms with Crippen LogP contribution in [0.2, 0.25) is 0 Å². The number of hydrogen-bond acceptors (Lipinski definition) is 1. The van der Waals surface area contributed by atoms with Crippen molar-refractivity contribution in [1.29, 1.82) is 0 Å². The quantitative estimate of drug-likeness (QED) is 0.220. The van der Waals surface area contributed by atoms with Crippen LogP contribution in [0.4, 0.5) is 0 Å². The predicted octanol–water partition coefficient (Wildman–Crippen LogP) is 9.58. The number of allylic oxidation sites excluding steroid dienone is 2. The first-order chi connectivity index (χ1) is 16.8. The van der Waals surface area contributed by atoms with Gasteiger partial charge in [-0.2, -0.15) is 0 Å². The highest BCUT2D eigenvalue weighted by Crippen LogP contribution is 2.38. The Hall–Kier alpha value is -2.64. The molecule has 0 N–H and O–H groups in total. The highest BCUT2D eigenvalue weighted by Gasteiger charge is 2.21. The van der Waals surface area contributed by atoms with Crippen molar-refractivity contribution in [1.82, 2.24) is 0 Å². The van der Waals surface area contributed by atoms with Crippen LogP contribution in [0.25, 0.3) is 22.3 Å². The second-order valence-electron chi connectivity index (χ2n) is 9.78. The Morgan fingerprint density at radius 3 is 1.74 bits per heavy atom. The molecule has 0 radical (unpaired) electrons. The van der Waals surface area contributed by atoms with Gasteiger partial charge in [-0.05, 0) is 90.2 Å². The molecule has 1 aliphatic carbocycles. The normalized spacial score (nSPS) is 18.4. The van der Waals surface area contributed by atoms with E-state index in [2.05, 4.69) is 98.8 Å². The average Bonchev–Trinajstić information content (AvgIpc) is 2.90. The van der Waals surface area contributed by atoms with Gasteiger partial charge in [-0.15, -0.1) is 0 Å². The first kappa shape index (κ1) is 24.5. The molecule has 4 rings (SSSR count). The van der Waals surface area contributed by atoms with E-state index in [9.17, 15) is 0 Å². The maximum atomic E-state index is 5.65. The van der Waals surface area contributed by atoms with Gasteiger partial charge in [0.15, 0.2) is 0 Å². The van der Waals surface area contributed by atoms with Crippen LogP contribution in [0.3, 0.4) is 0 Å². The van der Waals surface area contributed by atoms with E-state index in [1.54, 1.807) is 0 Å². The van der Waals surface area contributed by atoms with E-state index in [1.165, 1.54) is 65.5 Å². The van der Waals surface area contributed by atoms with Gasteiger partial charge in [0.05, 0.1) is 6.61 Å². The van der Waals surface area contributed by atoms with Crippen LogP contribution in [-0.2, 0) is 11.3 Å². The van der Waals surface area contributed by atoms with E-state index in [4.69, 9.17) is 4.74 Å². The molecule has 3 aromatic carbocycles. The van der Waals surface area contributed by atoms with Gasteiger partial charge in [0.2, 0.25) is 0 Å². The topological polar surface area (TPSA) is 9.23 Å². The smallest absolute Gasteiger partial charge is 0.0716 e. The zero-order valence-electron chi connectivity index (χ0n) is 21.0. The van der Waals surface area contributed by atoms with Crippen molar-refractivity contribution in [3.63, 3.8) is 0 Å². The monoisotopic (exact) mass is 452 g/mol. The molecule has 1 fully saturated rings. The van der Waals surface area contributed by atoms with Crippen LogP contribution < -0.4 is 0 Å². The summed E-state index contributed by atoms with van der Waals surface area (Å²) in [5.41, 5.74) is 7.85. The lowest BCUT2D eigenvalue weighted by molar-refractivity contribution is 0.121. The van der Waals surface area contributed by atoms with Crippen LogP contribution in [0.15, 0.2) is 84.9 Å². The Morgan fingerprint density at radius 2 is 1.21 bits per heavy atom. The van der Waals surface area contributed by atoms with Gasteiger partial charge in [-0.25, -0.2) is 0 Å². The summed E-state index contributed by atoms with van der Waals surface area (Å²) < 4.78 is 5.65. The summed E-state index contributed by atoms with van der Waals surface area (Å²) in [5.74, 6) is 1.63. The van der Waals surface area contributed by atoms with E-state index in [0.717, 1.165) is 31.3 Å². The minimum atomic E-state index is 0.695. The molecule has 0 spiro atoms. The minimum Gasteiger partial charge on any atom is -0.377 e. The van der Waals surface area contributed by atoms with Crippen LogP contribution in [0, 0.1) is 5.92 Å².